The smallest absolute Gasteiger partial charge is 0.317 e. The van der Waals surface area contributed by atoms with Crippen molar-refractivity contribution in [1.82, 2.24) is 25.4 Å². The van der Waals surface area contributed by atoms with Gasteiger partial charge in [-0.1, -0.05) is 0 Å². The lowest BCUT2D eigenvalue weighted by Gasteiger charge is -2.16. The van der Waals surface area contributed by atoms with E-state index in [1.165, 1.54) is 0 Å². The second-order valence-corrected chi connectivity index (χ2v) is 5.54. The second kappa shape index (κ2) is 6.11. The van der Waals surface area contributed by atoms with Crippen LogP contribution in [0.5, 0.6) is 0 Å². The first-order valence-electron chi connectivity index (χ1n) is 7.28. The highest BCUT2D eigenvalue weighted by molar-refractivity contribution is 5.81. The molecular weight excluding hydrogens is 300 g/mol. The van der Waals surface area contributed by atoms with Gasteiger partial charge in [-0.25, -0.2) is 9.78 Å². The summed E-state index contributed by atoms with van der Waals surface area (Å²) in [6.45, 7) is 2.65. The normalized spacial score (nSPS) is 20.7. The highest BCUT2D eigenvalue weighted by Crippen LogP contribution is 2.30. The van der Waals surface area contributed by atoms with Crippen molar-refractivity contribution in [3.8, 4) is 0 Å². The van der Waals surface area contributed by atoms with Crippen LogP contribution in [0.2, 0.25) is 0 Å². The zero-order valence-corrected chi connectivity index (χ0v) is 12.7. The van der Waals surface area contributed by atoms with E-state index in [9.17, 15) is 9.59 Å². The molecule has 0 spiro atoms. The van der Waals surface area contributed by atoms with Crippen LogP contribution in [-0.4, -0.2) is 45.1 Å². The number of aryl methyl sites for hydroxylation is 1. The Morgan fingerprint density at radius 2 is 2.35 bits per heavy atom. The molecule has 4 N–H and O–H groups in total. The Morgan fingerprint density at radius 3 is 2.96 bits per heavy atom. The molecule has 9 nitrogen and oxygen atoms in total. The fraction of sp³-hybridized carbons (Fsp3) is 0.429. The van der Waals surface area contributed by atoms with E-state index in [1.807, 2.05) is 0 Å². The van der Waals surface area contributed by atoms with Crippen LogP contribution < -0.4 is 11.1 Å². The number of furan rings is 1. The average molecular weight is 318 g/mol. The second-order valence-electron chi connectivity index (χ2n) is 5.54. The van der Waals surface area contributed by atoms with Crippen molar-refractivity contribution in [2.45, 2.75) is 19.4 Å². The highest BCUT2D eigenvalue weighted by atomic mass is 16.3. The van der Waals surface area contributed by atoms with Crippen LogP contribution in [0.25, 0.3) is 0 Å². The zero-order chi connectivity index (χ0) is 16.4. The lowest BCUT2D eigenvalue weighted by atomic mass is 9.95. The van der Waals surface area contributed by atoms with E-state index < -0.39 is 11.8 Å². The molecule has 1 aliphatic rings. The van der Waals surface area contributed by atoms with E-state index in [-0.39, 0.29) is 25.0 Å². The third kappa shape index (κ3) is 3.17. The van der Waals surface area contributed by atoms with Crippen molar-refractivity contribution in [1.29, 1.82) is 0 Å². The summed E-state index contributed by atoms with van der Waals surface area (Å²) < 4.78 is 5.17. The zero-order valence-electron chi connectivity index (χ0n) is 12.7. The molecule has 0 unspecified atom stereocenters. The molecule has 2 aromatic rings. The average Bonchev–Trinajstić information content (AvgIpc) is 3.24. The summed E-state index contributed by atoms with van der Waals surface area (Å²) in [5.41, 5.74) is 5.47. The number of nitrogens with one attached hydrogen (secondary N) is 2. The summed E-state index contributed by atoms with van der Waals surface area (Å²) >= 11 is 0. The summed E-state index contributed by atoms with van der Waals surface area (Å²) in [6, 6.07) is 3.25. The maximum atomic E-state index is 12.3. The van der Waals surface area contributed by atoms with Gasteiger partial charge in [-0.15, -0.1) is 0 Å². The standard InChI is InChI=1S/C14H18N6O3/c1-8-17-13(19-18-8)11-7-20(6-10(11)12(15)21)14(22)16-5-9-3-2-4-23-9/h2-4,10-11H,5-7H2,1H3,(H2,15,21)(H,16,22)(H,17,18,19)/t10-,11-/m1/s1. The number of H-pyrrole nitrogens is 1. The number of hydrogen-bond acceptors (Lipinski definition) is 5. The Bertz CT molecular complexity index is 695. The monoisotopic (exact) mass is 318 g/mol. The molecule has 0 radical (unpaired) electrons. The molecule has 23 heavy (non-hydrogen) atoms. The topological polar surface area (TPSA) is 130 Å². The van der Waals surface area contributed by atoms with E-state index in [0.717, 1.165) is 0 Å². The number of hydrogen-bond donors (Lipinski definition) is 3. The Morgan fingerprint density at radius 1 is 1.52 bits per heavy atom. The van der Waals surface area contributed by atoms with Crippen molar-refractivity contribution in [3.05, 3.63) is 35.8 Å². The highest BCUT2D eigenvalue weighted by Gasteiger charge is 2.41. The minimum absolute atomic E-state index is 0.248. The van der Waals surface area contributed by atoms with Crippen LogP contribution in [0.4, 0.5) is 4.79 Å². The minimum atomic E-state index is -0.500. The van der Waals surface area contributed by atoms with Crippen LogP contribution in [-0.2, 0) is 11.3 Å². The number of aromatic amines is 1. The maximum absolute atomic E-state index is 12.3. The van der Waals surface area contributed by atoms with Gasteiger partial charge in [0.25, 0.3) is 0 Å². The molecule has 1 fully saturated rings. The summed E-state index contributed by atoms with van der Waals surface area (Å²) in [7, 11) is 0. The quantitative estimate of drug-likeness (QED) is 0.737. The number of urea groups is 1. The first-order valence-corrected chi connectivity index (χ1v) is 7.28. The number of nitrogens with zero attached hydrogens (tertiary/aromatic N) is 3. The lowest BCUT2D eigenvalue weighted by Crippen LogP contribution is -2.39. The molecule has 1 aliphatic heterocycles. The Balaban J connectivity index is 1.67. The largest absolute Gasteiger partial charge is 0.467 e. The van der Waals surface area contributed by atoms with Crippen molar-refractivity contribution in [3.63, 3.8) is 0 Å². The van der Waals surface area contributed by atoms with Gasteiger partial charge in [-0.05, 0) is 19.1 Å². The number of nitrogens with two attached hydrogens (primary N) is 1. The third-order valence-corrected chi connectivity index (χ3v) is 3.91. The SMILES string of the molecule is Cc1nc([C@@H]2CN(C(=O)NCc3ccco3)C[C@H]2C(N)=O)n[nH]1. The van der Waals surface area contributed by atoms with E-state index in [0.29, 0.717) is 24.0 Å². The number of primary amides is 1. The number of amides is 3. The predicted octanol–water partition coefficient (Wildman–Crippen LogP) is 0.117. The van der Waals surface area contributed by atoms with Gasteiger partial charge in [0.05, 0.1) is 24.6 Å². The summed E-state index contributed by atoms with van der Waals surface area (Å²) in [5.74, 6) is 0.562. The van der Waals surface area contributed by atoms with Gasteiger partial charge in [0.15, 0.2) is 5.82 Å². The Kier molecular flexibility index (Phi) is 4.00. The molecule has 3 heterocycles. The van der Waals surface area contributed by atoms with Crippen LogP contribution in [0.15, 0.2) is 22.8 Å². The molecule has 0 bridgehead atoms. The molecule has 3 rings (SSSR count). The summed E-state index contributed by atoms with van der Waals surface area (Å²) in [5, 5.41) is 9.60. The van der Waals surface area contributed by atoms with Crippen molar-refractivity contribution in [2.24, 2.45) is 11.7 Å². The first-order chi connectivity index (χ1) is 11.0. The molecule has 0 aliphatic carbocycles. The van der Waals surface area contributed by atoms with E-state index in [4.69, 9.17) is 10.2 Å². The molecule has 1 saturated heterocycles. The van der Waals surface area contributed by atoms with Gasteiger partial charge in [0.2, 0.25) is 5.91 Å². The first kappa shape index (κ1) is 15.1. The van der Waals surface area contributed by atoms with Crippen LogP contribution >= 0.6 is 0 Å². The van der Waals surface area contributed by atoms with E-state index in [2.05, 4.69) is 20.5 Å². The number of aromatic nitrogens is 3. The predicted molar refractivity (Wildman–Crippen MR) is 79.1 cm³/mol. The van der Waals surface area contributed by atoms with Gasteiger partial charge in [-0.2, -0.15) is 5.10 Å². The van der Waals surface area contributed by atoms with Gasteiger partial charge < -0.3 is 20.4 Å². The van der Waals surface area contributed by atoms with Gasteiger partial charge in [0.1, 0.15) is 11.6 Å². The van der Waals surface area contributed by atoms with Gasteiger partial charge in [-0.3, -0.25) is 9.89 Å². The molecule has 2 atom stereocenters. The van der Waals surface area contributed by atoms with Crippen molar-refractivity contribution in [2.75, 3.05) is 13.1 Å². The number of likely N-dealkylation sites (tertiary alicyclic amines) is 1. The molecule has 0 aromatic carbocycles. The van der Waals surface area contributed by atoms with E-state index >= 15 is 0 Å². The van der Waals surface area contributed by atoms with Crippen LogP contribution in [0.3, 0.4) is 0 Å². The molecular formula is C14H18N6O3. The number of carbonyl (C=O) groups is 2. The minimum Gasteiger partial charge on any atom is -0.467 e. The molecule has 3 amide bonds. The van der Waals surface area contributed by atoms with Gasteiger partial charge in [0, 0.05) is 13.1 Å². The summed E-state index contributed by atoms with van der Waals surface area (Å²) in [6.07, 6.45) is 1.54. The molecule has 9 heteroatoms. The lowest BCUT2D eigenvalue weighted by molar-refractivity contribution is -0.121. The Labute approximate surface area is 132 Å². The van der Waals surface area contributed by atoms with Crippen molar-refractivity contribution >= 4 is 11.9 Å². The van der Waals surface area contributed by atoms with E-state index in [1.54, 1.807) is 30.2 Å². The molecule has 0 saturated carbocycles. The molecule has 2 aromatic heterocycles. The van der Waals surface area contributed by atoms with Crippen LogP contribution in [0, 0.1) is 12.8 Å². The fourth-order valence-electron chi connectivity index (χ4n) is 2.73. The fourth-order valence-corrected chi connectivity index (χ4v) is 2.73. The van der Waals surface area contributed by atoms with Crippen molar-refractivity contribution < 1.29 is 14.0 Å². The Hall–Kier alpha value is -2.84. The number of rotatable bonds is 4. The van der Waals surface area contributed by atoms with Crippen LogP contribution in [0.1, 0.15) is 23.3 Å². The maximum Gasteiger partial charge on any atom is 0.317 e. The number of carbonyl (C=O) groups excluding carboxylic acids is 2. The third-order valence-electron chi connectivity index (χ3n) is 3.91. The summed E-state index contributed by atoms with van der Waals surface area (Å²) in [4.78, 5) is 29.8. The van der Waals surface area contributed by atoms with Gasteiger partial charge >= 0.3 is 6.03 Å². The molecule has 122 valence electrons.